The number of benzene rings is 3. The van der Waals surface area contributed by atoms with Gasteiger partial charge in [0.15, 0.2) is 16.9 Å². The van der Waals surface area contributed by atoms with Gasteiger partial charge in [-0.1, -0.05) is 47.5 Å². The van der Waals surface area contributed by atoms with Crippen LogP contribution < -0.4 is 15.4 Å². The molecule has 1 fully saturated rings. The van der Waals surface area contributed by atoms with E-state index in [2.05, 4.69) is 16.6 Å². The molecule has 1 aliphatic heterocycles. The number of anilines is 1. The van der Waals surface area contributed by atoms with Crippen molar-refractivity contribution in [1.82, 2.24) is 5.32 Å². The second-order valence-corrected chi connectivity index (χ2v) is 14.9. The van der Waals surface area contributed by atoms with Gasteiger partial charge in [-0.3, -0.25) is 14.4 Å². The molecule has 3 aromatic carbocycles. The summed E-state index contributed by atoms with van der Waals surface area (Å²) in [5.74, 6) is -0.676. The molecule has 2 aliphatic carbocycles. The normalized spacial score (nSPS) is 24.8. The predicted octanol–water partition coefficient (Wildman–Crippen LogP) is 4.73. The number of halogens is 2. The number of hydrogen-bond donors (Lipinski definition) is 6. The minimum atomic E-state index is -1.51. The van der Waals surface area contributed by atoms with Gasteiger partial charge in [-0.05, 0) is 37.6 Å². The van der Waals surface area contributed by atoms with E-state index in [1.165, 1.54) is 32.2 Å². The number of aliphatic hydroxyl groups is 2. The number of phenolic OH excluding ortho intramolecular Hbond substituents is 2. The van der Waals surface area contributed by atoms with Crippen molar-refractivity contribution in [1.29, 1.82) is 0 Å². The summed E-state index contributed by atoms with van der Waals surface area (Å²) in [5, 5.41) is 50.8. The minimum Gasteiger partial charge on any atom is -0.507 e. The fraction of sp³-hybridized carbons (Fsp3) is 0.385. The lowest BCUT2D eigenvalue weighted by Crippen LogP contribution is -2.55. The van der Waals surface area contributed by atoms with E-state index in [0.29, 0.717) is 11.3 Å². The van der Waals surface area contributed by atoms with Crippen LogP contribution in [0.15, 0.2) is 42.5 Å². The van der Waals surface area contributed by atoms with Crippen LogP contribution in [0.5, 0.6) is 17.2 Å². The van der Waals surface area contributed by atoms with E-state index in [1.807, 2.05) is 0 Å². The predicted molar refractivity (Wildman–Crippen MR) is 198 cm³/mol. The molecule has 6 rings (SSSR count). The largest absolute Gasteiger partial charge is 0.507 e. The Morgan fingerprint density at radius 2 is 1.76 bits per heavy atom. The second kappa shape index (κ2) is 15.7. The summed E-state index contributed by atoms with van der Waals surface area (Å²) < 4.78 is 23.2. The van der Waals surface area contributed by atoms with Gasteiger partial charge in [-0.25, -0.2) is 4.79 Å². The second-order valence-electron chi connectivity index (χ2n) is 13.8. The lowest BCUT2D eigenvalue weighted by molar-refractivity contribution is -0.249. The maximum Gasteiger partial charge on any atom is 0.408 e. The molecular formula is C39H38Cl2N2O12. The molecule has 0 radical (unpaired) electrons. The SMILES string of the molecule is C#CCC(OC(=O)N[C@H]1CC(O[C@H]2C[C@@](C)(O)Cc3c(O)c4c(c(O)c32)C(=O)c2c(OC)cccc2C4=O)O[C@@H](C)[C@H]1O)c1ccc(NC(=O)C(Cl)Cl)cc1. The summed E-state index contributed by atoms with van der Waals surface area (Å²) in [7, 11) is 1.34. The quantitative estimate of drug-likeness (QED) is 0.0772. The van der Waals surface area contributed by atoms with Crippen LogP contribution in [-0.4, -0.2) is 86.1 Å². The summed E-state index contributed by atoms with van der Waals surface area (Å²) in [6, 6.07) is 9.76. The minimum absolute atomic E-state index is 0.00342. The zero-order valence-electron chi connectivity index (χ0n) is 29.8. The first-order valence-corrected chi connectivity index (χ1v) is 18.1. The molecule has 0 aromatic heterocycles. The van der Waals surface area contributed by atoms with Gasteiger partial charge in [0, 0.05) is 41.6 Å². The van der Waals surface area contributed by atoms with Crippen LogP contribution in [0.25, 0.3) is 0 Å². The van der Waals surface area contributed by atoms with Gasteiger partial charge in [0.05, 0.1) is 54.1 Å². The Kier molecular flexibility index (Phi) is 11.4. The van der Waals surface area contributed by atoms with Crippen molar-refractivity contribution in [2.75, 3.05) is 12.4 Å². The number of amides is 2. The summed E-state index contributed by atoms with van der Waals surface area (Å²) in [4.78, 5) is 51.4. The van der Waals surface area contributed by atoms with Crippen molar-refractivity contribution < 1.29 is 58.6 Å². The third kappa shape index (κ3) is 7.82. The number of rotatable bonds is 9. The Bertz CT molecular complexity index is 2080. The van der Waals surface area contributed by atoms with E-state index in [9.17, 15) is 39.6 Å². The first kappa shape index (κ1) is 39.8. The number of aliphatic hydroxyl groups excluding tert-OH is 1. The van der Waals surface area contributed by atoms with E-state index in [-0.39, 0.29) is 53.7 Å². The molecular weight excluding hydrogens is 759 g/mol. The number of alkyl carbamates (subject to hydrolysis) is 1. The molecule has 14 nitrogen and oxygen atoms in total. The molecule has 16 heteroatoms. The molecule has 2 amide bonds. The first-order valence-electron chi connectivity index (χ1n) is 17.2. The third-order valence-corrected chi connectivity index (χ3v) is 10.3. The fourth-order valence-corrected chi connectivity index (χ4v) is 7.42. The Morgan fingerprint density at radius 3 is 2.42 bits per heavy atom. The average molecular weight is 798 g/mol. The Hall–Kier alpha value is -4.88. The van der Waals surface area contributed by atoms with Gasteiger partial charge in [-0.2, -0.15) is 0 Å². The van der Waals surface area contributed by atoms with Crippen molar-refractivity contribution >= 4 is 52.5 Å². The zero-order valence-corrected chi connectivity index (χ0v) is 31.3. The highest BCUT2D eigenvalue weighted by atomic mass is 35.5. The maximum absolute atomic E-state index is 13.9. The lowest BCUT2D eigenvalue weighted by Gasteiger charge is -2.42. The van der Waals surface area contributed by atoms with Crippen LogP contribution in [-0.2, 0) is 25.4 Å². The third-order valence-electron chi connectivity index (χ3n) is 9.89. The lowest BCUT2D eigenvalue weighted by atomic mass is 9.73. The topological polar surface area (TPSA) is 210 Å². The fourth-order valence-electron chi connectivity index (χ4n) is 7.31. The van der Waals surface area contributed by atoms with Crippen molar-refractivity contribution in [3.63, 3.8) is 0 Å². The van der Waals surface area contributed by atoms with Gasteiger partial charge in [0.1, 0.15) is 29.5 Å². The van der Waals surface area contributed by atoms with Gasteiger partial charge in [0.2, 0.25) is 5.78 Å². The molecule has 3 aromatic rings. The van der Waals surface area contributed by atoms with Crippen LogP contribution in [0.2, 0.25) is 0 Å². The number of carbonyl (C=O) groups excluding carboxylic acids is 4. The molecule has 0 spiro atoms. The molecule has 290 valence electrons. The number of ketones is 2. The summed E-state index contributed by atoms with van der Waals surface area (Å²) in [6.45, 7) is 3.05. The smallest absolute Gasteiger partial charge is 0.408 e. The van der Waals surface area contributed by atoms with Crippen LogP contribution in [0, 0.1) is 12.3 Å². The number of nitrogens with one attached hydrogen (secondary N) is 2. The summed E-state index contributed by atoms with van der Waals surface area (Å²) >= 11 is 11.2. The molecule has 7 atom stereocenters. The highest BCUT2D eigenvalue weighted by Crippen LogP contribution is 2.52. The number of aromatic hydroxyl groups is 2. The van der Waals surface area contributed by atoms with E-state index in [0.717, 1.165) is 0 Å². The van der Waals surface area contributed by atoms with Gasteiger partial charge in [-0.15, -0.1) is 12.3 Å². The monoisotopic (exact) mass is 796 g/mol. The first-order chi connectivity index (χ1) is 26.0. The molecule has 1 heterocycles. The number of hydrogen-bond acceptors (Lipinski definition) is 12. The van der Waals surface area contributed by atoms with E-state index in [4.69, 9.17) is 48.6 Å². The Labute approximate surface area is 325 Å². The number of terminal acetylenes is 1. The molecule has 55 heavy (non-hydrogen) atoms. The van der Waals surface area contributed by atoms with Crippen molar-refractivity contribution in [2.45, 2.75) is 86.7 Å². The van der Waals surface area contributed by atoms with Crippen LogP contribution in [0.3, 0.4) is 0 Å². The van der Waals surface area contributed by atoms with E-state index in [1.54, 1.807) is 31.2 Å². The number of carbonyl (C=O) groups is 4. The van der Waals surface area contributed by atoms with Gasteiger partial charge in [0.25, 0.3) is 5.91 Å². The van der Waals surface area contributed by atoms with E-state index < -0.39 is 93.4 Å². The standard InChI is InChI=1S/C39H38Cl2N2O12/c1-5-7-23(18-10-12-19(13-11-18)42-37(49)36(40)41)55-38(50)43-22-14-26(53-17(2)31(22)44)54-25-16-39(3,51)15-21-28(25)35(48)30-29(33(21)46)32(45)20-8-6-9-24(52-4)27(20)34(30)47/h1,6,8-13,17,22-23,25-26,31,36,44,46,48,51H,7,14-16H2,2-4H3,(H,42,49)(H,43,50)/t17-,22-,23?,25-,26?,31+,39-/m0/s1. The molecule has 2 unspecified atom stereocenters. The highest BCUT2D eigenvalue weighted by molar-refractivity contribution is 6.54. The Balaban J connectivity index is 1.23. The highest BCUT2D eigenvalue weighted by Gasteiger charge is 2.47. The number of methoxy groups -OCH3 is 1. The van der Waals surface area contributed by atoms with E-state index >= 15 is 0 Å². The average Bonchev–Trinajstić information content (AvgIpc) is 3.13. The number of fused-ring (bicyclic) bond motifs is 3. The van der Waals surface area contributed by atoms with Crippen molar-refractivity contribution in [2.24, 2.45) is 0 Å². The van der Waals surface area contributed by atoms with Crippen LogP contribution in [0.1, 0.15) is 93.9 Å². The Morgan fingerprint density at radius 1 is 1.07 bits per heavy atom. The molecule has 1 saturated heterocycles. The number of phenols is 2. The van der Waals surface area contributed by atoms with Crippen molar-refractivity contribution in [3.05, 3.63) is 81.4 Å². The van der Waals surface area contributed by atoms with Crippen molar-refractivity contribution in [3.8, 4) is 29.6 Å². The number of ether oxygens (including phenoxy) is 4. The van der Waals surface area contributed by atoms with Crippen LogP contribution in [0.4, 0.5) is 10.5 Å². The van der Waals surface area contributed by atoms with Gasteiger partial charge < -0.3 is 50.0 Å². The molecule has 0 saturated carbocycles. The maximum atomic E-state index is 13.9. The number of alkyl halides is 2. The van der Waals surface area contributed by atoms with Crippen LogP contribution >= 0.6 is 23.2 Å². The summed E-state index contributed by atoms with van der Waals surface area (Å²) in [6.07, 6.45) is -1.19. The summed E-state index contributed by atoms with van der Waals surface area (Å²) in [5.41, 5.74) is -1.50. The van der Waals surface area contributed by atoms with Gasteiger partial charge >= 0.3 is 6.09 Å². The molecule has 3 aliphatic rings. The molecule has 0 bridgehead atoms. The molecule has 6 N–H and O–H groups in total. The zero-order chi connectivity index (χ0) is 39.9.